The molecular weight excluding hydrogens is 278 g/mol. The molecule has 2 atom stereocenters. The molecule has 5 nitrogen and oxygen atoms in total. The van der Waals surface area contributed by atoms with Crippen molar-refractivity contribution in [3.8, 4) is 5.88 Å². The van der Waals surface area contributed by atoms with Crippen molar-refractivity contribution in [2.75, 3.05) is 7.11 Å². The number of carbonyl (C=O) groups excluding carboxylic acids is 1. The van der Waals surface area contributed by atoms with E-state index >= 15 is 0 Å². The van der Waals surface area contributed by atoms with Gasteiger partial charge in [0, 0.05) is 19.0 Å². The van der Waals surface area contributed by atoms with Crippen molar-refractivity contribution in [1.82, 2.24) is 15.1 Å². The summed E-state index contributed by atoms with van der Waals surface area (Å²) in [7, 11) is 3.31. The third-order valence-corrected chi connectivity index (χ3v) is 4.02. The highest BCUT2D eigenvalue weighted by Gasteiger charge is 2.24. The van der Waals surface area contributed by atoms with Gasteiger partial charge in [-0.15, -0.1) is 0 Å². The molecule has 118 valence electrons. The molecule has 0 radical (unpaired) electrons. The van der Waals surface area contributed by atoms with Gasteiger partial charge in [-0.25, -0.2) is 4.68 Å². The second kappa shape index (κ2) is 6.64. The number of benzene rings is 1. The molecule has 2 rings (SSSR count). The first-order chi connectivity index (χ1) is 10.5. The summed E-state index contributed by atoms with van der Waals surface area (Å²) in [5.74, 6) is 0.542. The summed E-state index contributed by atoms with van der Waals surface area (Å²) in [5, 5.41) is 7.30. The Hall–Kier alpha value is -2.30. The van der Waals surface area contributed by atoms with Gasteiger partial charge in [0.2, 0.25) is 5.88 Å². The summed E-state index contributed by atoms with van der Waals surface area (Å²) in [5.41, 5.74) is 2.36. The first kappa shape index (κ1) is 16.1. The van der Waals surface area contributed by atoms with E-state index in [1.807, 2.05) is 32.0 Å². The van der Waals surface area contributed by atoms with Gasteiger partial charge < -0.3 is 10.1 Å². The van der Waals surface area contributed by atoms with Crippen molar-refractivity contribution in [1.29, 1.82) is 0 Å². The van der Waals surface area contributed by atoms with E-state index in [1.54, 1.807) is 18.8 Å². The van der Waals surface area contributed by atoms with Crippen LogP contribution in [0.1, 0.15) is 41.4 Å². The molecule has 2 aromatic rings. The minimum Gasteiger partial charge on any atom is -0.481 e. The van der Waals surface area contributed by atoms with E-state index in [-0.39, 0.29) is 17.9 Å². The van der Waals surface area contributed by atoms with Crippen LogP contribution in [-0.2, 0) is 7.05 Å². The summed E-state index contributed by atoms with van der Waals surface area (Å²) in [4.78, 5) is 12.6. The normalized spacial score (nSPS) is 13.5. The number of amides is 1. The average molecular weight is 301 g/mol. The van der Waals surface area contributed by atoms with E-state index in [1.165, 1.54) is 5.56 Å². The topological polar surface area (TPSA) is 56.1 Å². The monoisotopic (exact) mass is 301 g/mol. The SMILES string of the molecule is COc1c(C(=O)N[C@H](C)[C@H](C)c2ccccc2)c(C)nn1C. The Labute approximate surface area is 131 Å². The minimum atomic E-state index is -0.155. The molecular formula is C17H23N3O2. The fourth-order valence-corrected chi connectivity index (χ4v) is 2.58. The number of nitrogens with zero attached hydrogens (tertiary/aromatic N) is 2. The van der Waals surface area contributed by atoms with Crippen molar-refractivity contribution in [2.24, 2.45) is 7.05 Å². The molecule has 1 N–H and O–H groups in total. The smallest absolute Gasteiger partial charge is 0.258 e. The van der Waals surface area contributed by atoms with Gasteiger partial charge >= 0.3 is 0 Å². The van der Waals surface area contributed by atoms with Crippen LogP contribution in [-0.4, -0.2) is 28.8 Å². The quantitative estimate of drug-likeness (QED) is 0.923. The molecule has 0 aliphatic carbocycles. The molecule has 0 saturated carbocycles. The number of aryl methyl sites for hydroxylation is 2. The van der Waals surface area contributed by atoms with Crippen LogP contribution in [0.2, 0.25) is 0 Å². The third kappa shape index (κ3) is 3.13. The standard InChI is InChI=1S/C17H23N3O2/c1-11(14-9-7-6-8-10-14)12(2)18-16(21)15-13(3)19-20(4)17(15)22-5/h6-12H,1-5H3,(H,18,21)/t11-,12+/m0/s1. The van der Waals surface area contributed by atoms with Crippen molar-refractivity contribution in [2.45, 2.75) is 32.7 Å². The largest absolute Gasteiger partial charge is 0.481 e. The lowest BCUT2D eigenvalue weighted by Crippen LogP contribution is -2.36. The van der Waals surface area contributed by atoms with Crippen LogP contribution in [0.15, 0.2) is 30.3 Å². The number of methoxy groups -OCH3 is 1. The van der Waals surface area contributed by atoms with Gasteiger partial charge in [0.1, 0.15) is 5.56 Å². The van der Waals surface area contributed by atoms with Crippen molar-refractivity contribution >= 4 is 5.91 Å². The van der Waals surface area contributed by atoms with Gasteiger partial charge in [-0.1, -0.05) is 37.3 Å². The highest BCUT2D eigenvalue weighted by atomic mass is 16.5. The first-order valence-electron chi connectivity index (χ1n) is 7.39. The van der Waals surface area contributed by atoms with Gasteiger partial charge in [0.05, 0.1) is 12.8 Å². The predicted octanol–water partition coefficient (Wildman–Crippen LogP) is 2.66. The number of ether oxygens (including phenoxy) is 1. The molecule has 0 bridgehead atoms. The molecule has 1 amide bonds. The second-order valence-electron chi connectivity index (χ2n) is 5.55. The van der Waals surface area contributed by atoms with E-state index < -0.39 is 0 Å². The van der Waals surface area contributed by atoms with Crippen LogP contribution in [0, 0.1) is 6.92 Å². The van der Waals surface area contributed by atoms with Gasteiger partial charge in [-0.3, -0.25) is 4.79 Å². The Morgan fingerprint density at radius 3 is 2.50 bits per heavy atom. The molecule has 0 unspecified atom stereocenters. The molecule has 5 heteroatoms. The maximum absolute atomic E-state index is 12.6. The lowest BCUT2D eigenvalue weighted by Gasteiger charge is -2.21. The molecule has 0 spiro atoms. The highest BCUT2D eigenvalue weighted by Crippen LogP contribution is 2.23. The van der Waals surface area contributed by atoms with Crippen molar-refractivity contribution in [3.63, 3.8) is 0 Å². The maximum Gasteiger partial charge on any atom is 0.258 e. The molecule has 22 heavy (non-hydrogen) atoms. The zero-order chi connectivity index (χ0) is 16.3. The number of hydrogen-bond acceptors (Lipinski definition) is 3. The number of rotatable bonds is 5. The van der Waals surface area contributed by atoms with Crippen LogP contribution in [0.4, 0.5) is 0 Å². The van der Waals surface area contributed by atoms with Crippen LogP contribution in [0.3, 0.4) is 0 Å². The van der Waals surface area contributed by atoms with E-state index in [9.17, 15) is 4.79 Å². The van der Waals surface area contributed by atoms with Crippen LogP contribution < -0.4 is 10.1 Å². The highest BCUT2D eigenvalue weighted by molar-refractivity contribution is 5.97. The number of aromatic nitrogens is 2. The van der Waals surface area contributed by atoms with Gasteiger partial charge in [0.25, 0.3) is 5.91 Å². The number of hydrogen-bond donors (Lipinski definition) is 1. The van der Waals surface area contributed by atoms with E-state index in [0.717, 1.165) is 0 Å². The van der Waals surface area contributed by atoms with E-state index in [4.69, 9.17) is 4.74 Å². The summed E-state index contributed by atoms with van der Waals surface area (Å²) in [6.07, 6.45) is 0. The average Bonchev–Trinajstić information content (AvgIpc) is 2.80. The summed E-state index contributed by atoms with van der Waals surface area (Å²) in [6.45, 7) is 5.92. The summed E-state index contributed by atoms with van der Waals surface area (Å²) in [6, 6.07) is 10.2. The second-order valence-corrected chi connectivity index (χ2v) is 5.55. The summed E-state index contributed by atoms with van der Waals surface area (Å²) >= 11 is 0. The lowest BCUT2D eigenvalue weighted by molar-refractivity contribution is 0.0931. The Bertz CT molecular complexity index is 649. The Morgan fingerprint density at radius 1 is 1.27 bits per heavy atom. The fraction of sp³-hybridized carbons (Fsp3) is 0.412. The minimum absolute atomic E-state index is 0.000729. The molecule has 1 aromatic heterocycles. The lowest BCUT2D eigenvalue weighted by atomic mass is 9.94. The number of carbonyl (C=O) groups is 1. The molecule has 1 heterocycles. The zero-order valence-electron chi connectivity index (χ0n) is 13.8. The number of nitrogens with one attached hydrogen (secondary N) is 1. The third-order valence-electron chi connectivity index (χ3n) is 4.02. The maximum atomic E-state index is 12.6. The van der Waals surface area contributed by atoms with Crippen LogP contribution in [0.5, 0.6) is 5.88 Å². The molecule has 0 aliphatic heterocycles. The van der Waals surface area contributed by atoms with Crippen molar-refractivity contribution < 1.29 is 9.53 Å². The molecule has 0 fully saturated rings. The fourth-order valence-electron chi connectivity index (χ4n) is 2.58. The molecule has 1 aromatic carbocycles. The Kier molecular flexibility index (Phi) is 4.85. The first-order valence-corrected chi connectivity index (χ1v) is 7.39. The predicted molar refractivity (Wildman–Crippen MR) is 86.3 cm³/mol. The Balaban J connectivity index is 2.15. The molecule has 0 saturated heterocycles. The van der Waals surface area contributed by atoms with Gasteiger partial charge in [0.15, 0.2) is 0 Å². The molecule has 0 aliphatic rings. The van der Waals surface area contributed by atoms with E-state index in [2.05, 4.69) is 29.5 Å². The summed E-state index contributed by atoms with van der Waals surface area (Å²) < 4.78 is 6.86. The Morgan fingerprint density at radius 2 is 1.91 bits per heavy atom. The van der Waals surface area contributed by atoms with Gasteiger partial charge in [-0.2, -0.15) is 5.10 Å². The van der Waals surface area contributed by atoms with Gasteiger partial charge in [-0.05, 0) is 19.4 Å². The van der Waals surface area contributed by atoms with Crippen LogP contribution in [0.25, 0.3) is 0 Å². The zero-order valence-corrected chi connectivity index (χ0v) is 13.8. The van der Waals surface area contributed by atoms with E-state index in [0.29, 0.717) is 17.1 Å². The van der Waals surface area contributed by atoms with Crippen molar-refractivity contribution in [3.05, 3.63) is 47.2 Å². The van der Waals surface area contributed by atoms with Crippen LogP contribution >= 0.6 is 0 Å².